The molecular weight excluding hydrogens is 307 g/mol. The number of nitrogen functional groups attached to an aromatic ring is 1. The molecule has 0 amide bonds. The molecule has 0 radical (unpaired) electrons. The average Bonchev–Trinajstić information content (AvgIpc) is 2.71. The molecule has 1 aromatic heterocycles. The number of halogens is 3. The van der Waals surface area contributed by atoms with Crippen LogP contribution < -0.4 is 5.73 Å². The van der Waals surface area contributed by atoms with Gasteiger partial charge in [0, 0.05) is 12.1 Å². The Morgan fingerprint density at radius 2 is 1.95 bits per heavy atom. The van der Waals surface area contributed by atoms with E-state index in [1.807, 2.05) is 0 Å². The summed E-state index contributed by atoms with van der Waals surface area (Å²) in [6.45, 7) is 1.77. The number of thioether (sulfide) groups is 1. The fourth-order valence-electron chi connectivity index (χ4n) is 1.71. The predicted molar refractivity (Wildman–Crippen MR) is 71.2 cm³/mol. The van der Waals surface area contributed by atoms with Gasteiger partial charge in [-0.25, -0.2) is 22.6 Å². The molecule has 3 N–H and O–H groups in total. The third kappa shape index (κ3) is 2.68. The quantitative estimate of drug-likeness (QED) is 0.669. The number of carbonyl (C=O) groups is 1. The van der Waals surface area contributed by atoms with E-state index in [1.165, 1.54) is 0 Å². The maximum atomic E-state index is 13.7. The molecule has 0 aliphatic rings. The fourth-order valence-corrected chi connectivity index (χ4v) is 2.46. The lowest BCUT2D eigenvalue weighted by Gasteiger charge is -2.06. The molecule has 0 atom stereocenters. The number of aromatic nitrogens is 2. The summed E-state index contributed by atoms with van der Waals surface area (Å²) in [6, 6.07) is 0.916. The second-order valence-corrected chi connectivity index (χ2v) is 5.19. The number of nitrogens with zero attached hydrogens (tertiary/aromatic N) is 2. The van der Waals surface area contributed by atoms with Crippen LogP contribution in [0.4, 0.5) is 19.0 Å². The van der Waals surface area contributed by atoms with Gasteiger partial charge in [0.15, 0.2) is 17.5 Å². The van der Waals surface area contributed by atoms with Crippen LogP contribution in [0.5, 0.6) is 0 Å². The summed E-state index contributed by atoms with van der Waals surface area (Å²) in [7, 11) is 0. The first kappa shape index (κ1) is 15.2. The van der Waals surface area contributed by atoms with E-state index >= 15 is 0 Å². The van der Waals surface area contributed by atoms with Crippen molar-refractivity contribution in [2.45, 2.75) is 11.9 Å². The molecule has 21 heavy (non-hydrogen) atoms. The molecule has 0 saturated carbocycles. The van der Waals surface area contributed by atoms with E-state index < -0.39 is 29.1 Å². The molecule has 0 unspecified atom stereocenters. The van der Waals surface area contributed by atoms with Crippen LogP contribution in [0.15, 0.2) is 17.2 Å². The maximum Gasteiger partial charge on any atom is 0.342 e. The van der Waals surface area contributed by atoms with Gasteiger partial charge < -0.3 is 10.8 Å². The minimum atomic E-state index is -1.36. The Balaban J connectivity index is 2.67. The topological polar surface area (TPSA) is 81.1 Å². The Labute approximate surface area is 121 Å². The molecule has 9 heteroatoms. The summed E-state index contributed by atoms with van der Waals surface area (Å²) in [5.74, 6) is -4.93. The summed E-state index contributed by atoms with van der Waals surface area (Å²) < 4.78 is 40.7. The highest BCUT2D eigenvalue weighted by molar-refractivity contribution is 7.99. The molecule has 5 nitrogen and oxygen atoms in total. The highest BCUT2D eigenvalue weighted by Crippen LogP contribution is 2.30. The average molecular weight is 317 g/mol. The zero-order chi connectivity index (χ0) is 15.7. The second kappa shape index (κ2) is 5.68. The Morgan fingerprint density at radius 3 is 2.52 bits per heavy atom. The zero-order valence-corrected chi connectivity index (χ0v) is 11.5. The molecule has 1 aromatic carbocycles. The monoisotopic (exact) mass is 317 g/mol. The molecule has 0 saturated heterocycles. The largest absolute Gasteiger partial charge is 0.477 e. The number of anilines is 1. The molecular formula is C12H10F3N3O2S. The van der Waals surface area contributed by atoms with Crippen molar-refractivity contribution in [3.8, 4) is 5.69 Å². The van der Waals surface area contributed by atoms with Crippen LogP contribution in [-0.2, 0) is 0 Å². The van der Waals surface area contributed by atoms with Gasteiger partial charge in [-0.1, -0.05) is 6.92 Å². The predicted octanol–water partition coefficient (Wildman–Crippen LogP) is 2.68. The number of nitrogens with two attached hydrogens (primary N) is 1. The highest BCUT2D eigenvalue weighted by atomic mass is 32.2. The summed E-state index contributed by atoms with van der Waals surface area (Å²) in [6.07, 6.45) is 0. The van der Waals surface area contributed by atoms with Gasteiger partial charge in [0.1, 0.15) is 22.1 Å². The van der Waals surface area contributed by atoms with Gasteiger partial charge in [-0.3, -0.25) is 0 Å². The molecule has 0 bridgehead atoms. The summed E-state index contributed by atoms with van der Waals surface area (Å²) >= 11 is 1.09. The number of hydrogen-bond donors (Lipinski definition) is 2. The van der Waals surface area contributed by atoms with Crippen molar-refractivity contribution in [3.05, 3.63) is 35.1 Å². The summed E-state index contributed by atoms with van der Waals surface area (Å²) in [5.41, 5.74) is 4.89. The van der Waals surface area contributed by atoms with E-state index in [0.29, 0.717) is 17.9 Å². The van der Waals surface area contributed by atoms with Crippen LogP contribution in [0, 0.1) is 17.5 Å². The van der Waals surface area contributed by atoms with Crippen LogP contribution in [0.3, 0.4) is 0 Å². The van der Waals surface area contributed by atoms with Gasteiger partial charge in [0.2, 0.25) is 0 Å². The molecule has 0 spiro atoms. The van der Waals surface area contributed by atoms with E-state index in [1.54, 1.807) is 6.92 Å². The third-order valence-electron chi connectivity index (χ3n) is 2.60. The van der Waals surface area contributed by atoms with Crippen molar-refractivity contribution >= 4 is 23.5 Å². The van der Waals surface area contributed by atoms with Crippen LogP contribution in [0.2, 0.25) is 0 Å². The Bertz CT molecular complexity index is 718. The van der Waals surface area contributed by atoms with Crippen LogP contribution >= 0.6 is 11.8 Å². The minimum absolute atomic E-state index is 0.0756. The highest BCUT2D eigenvalue weighted by Gasteiger charge is 2.24. The van der Waals surface area contributed by atoms with Gasteiger partial charge in [-0.2, -0.15) is 5.10 Å². The number of benzene rings is 1. The van der Waals surface area contributed by atoms with Crippen molar-refractivity contribution < 1.29 is 23.1 Å². The van der Waals surface area contributed by atoms with Gasteiger partial charge in [0.05, 0.1) is 0 Å². The lowest BCUT2D eigenvalue weighted by Crippen LogP contribution is -2.08. The standard InChI is InChI=1S/C12H10F3N3O2S/c1-2-21-11-9(12(19)20)10(16)18(17-11)8-4-6(14)5(13)3-7(8)15/h3-4H,2,16H2,1H3,(H,19,20). The number of hydrogen-bond acceptors (Lipinski definition) is 4. The molecule has 0 aliphatic heterocycles. The molecule has 0 aliphatic carbocycles. The Morgan fingerprint density at radius 1 is 1.33 bits per heavy atom. The van der Waals surface area contributed by atoms with Gasteiger partial charge in [-0.15, -0.1) is 11.8 Å². The SMILES string of the molecule is CCSc1nn(-c2cc(F)c(F)cc2F)c(N)c1C(=O)O. The molecule has 0 fully saturated rings. The van der Waals surface area contributed by atoms with Gasteiger partial charge in [-0.05, 0) is 5.75 Å². The first-order chi connectivity index (χ1) is 9.86. The number of carboxylic acids is 1. The summed E-state index contributed by atoms with van der Waals surface area (Å²) in [5, 5.41) is 13.1. The number of rotatable bonds is 4. The van der Waals surface area contributed by atoms with E-state index in [-0.39, 0.29) is 16.4 Å². The summed E-state index contributed by atoms with van der Waals surface area (Å²) in [4.78, 5) is 11.2. The molecule has 2 rings (SSSR count). The number of aromatic carboxylic acids is 1. The van der Waals surface area contributed by atoms with E-state index in [2.05, 4.69) is 5.10 Å². The first-order valence-corrected chi connectivity index (χ1v) is 6.74. The first-order valence-electron chi connectivity index (χ1n) is 5.76. The maximum absolute atomic E-state index is 13.7. The Kier molecular flexibility index (Phi) is 4.12. The molecule has 1 heterocycles. The third-order valence-corrected chi connectivity index (χ3v) is 3.45. The molecule has 112 valence electrons. The van der Waals surface area contributed by atoms with Crippen LogP contribution in [-0.4, -0.2) is 26.6 Å². The van der Waals surface area contributed by atoms with Crippen molar-refractivity contribution in [2.24, 2.45) is 0 Å². The van der Waals surface area contributed by atoms with E-state index in [4.69, 9.17) is 10.8 Å². The van der Waals surface area contributed by atoms with E-state index in [9.17, 15) is 18.0 Å². The zero-order valence-electron chi connectivity index (χ0n) is 10.7. The van der Waals surface area contributed by atoms with Crippen LogP contribution in [0.1, 0.15) is 17.3 Å². The van der Waals surface area contributed by atoms with Crippen molar-refractivity contribution in [1.29, 1.82) is 0 Å². The fraction of sp³-hybridized carbons (Fsp3) is 0.167. The van der Waals surface area contributed by atoms with E-state index in [0.717, 1.165) is 16.4 Å². The second-order valence-electron chi connectivity index (χ2n) is 3.93. The van der Waals surface area contributed by atoms with Crippen molar-refractivity contribution in [2.75, 3.05) is 11.5 Å². The Hall–Kier alpha value is -2.16. The van der Waals surface area contributed by atoms with Crippen molar-refractivity contribution in [1.82, 2.24) is 9.78 Å². The van der Waals surface area contributed by atoms with Gasteiger partial charge >= 0.3 is 5.97 Å². The van der Waals surface area contributed by atoms with Crippen molar-refractivity contribution in [3.63, 3.8) is 0 Å². The lowest BCUT2D eigenvalue weighted by atomic mass is 10.2. The normalized spacial score (nSPS) is 10.9. The van der Waals surface area contributed by atoms with Crippen LogP contribution in [0.25, 0.3) is 5.69 Å². The minimum Gasteiger partial charge on any atom is -0.477 e. The smallest absolute Gasteiger partial charge is 0.342 e. The number of carboxylic acid groups (broad SMARTS) is 1. The molecule has 2 aromatic rings. The van der Waals surface area contributed by atoms with Gasteiger partial charge in [0.25, 0.3) is 0 Å². The lowest BCUT2D eigenvalue weighted by molar-refractivity contribution is 0.0694.